The van der Waals surface area contributed by atoms with Crippen molar-refractivity contribution < 1.29 is 17.6 Å². The largest absolute Gasteiger partial charge is 0.462 e. The molecule has 1 heterocycles. The highest BCUT2D eigenvalue weighted by Gasteiger charge is 2.19. The van der Waals surface area contributed by atoms with Gasteiger partial charge in [-0.05, 0) is 18.7 Å². The standard InChI is InChI=1S/C11H19NO4S/c1-4-12-10(8-17(3,13)14)11-6-5-9(16-11)7-15-2/h5-6,10,12H,4,7-8H2,1-3H3. The van der Waals surface area contributed by atoms with Crippen molar-refractivity contribution in [1.29, 1.82) is 0 Å². The first-order chi connectivity index (χ1) is 7.96. The van der Waals surface area contributed by atoms with Gasteiger partial charge < -0.3 is 14.5 Å². The Morgan fingerprint density at radius 3 is 2.71 bits per heavy atom. The van der Waals surface area contributed by atoms with Crippen LogP contribution in [0.5, 0.6) is 0 Å². The van der Waals surface area contributed by atoms with Crippen LogP contribution in [0.3, 0.4) is 0 Å². The summed E-state index contributed by atoms with van der Waals surface area (Å²) in [5.74, 6) is 1.35. The summed E-state index contributed by atoms with van der Waals surface area (Å²) in [6, 6.07) is 3.28. The molecule has 0 bridgehead atoms. The minimum atomic E-state index is -3.05. The molecule has 0 spiro atoms. The first kappa shape index (κ1) is 14.2. The highest BCUT2D eigenvalue weighted by Crippen LogP contribution is 2.18. The molecule has 1 atom stereocenters. The summed E-state index contributed by atoms with van der Waals surface area (Å²) in [6.07, 6.45) is 1.22. The van der Waals surface area contributed by atoms with Gasteiger partial charge in [-0.15, -0.1) is 0 Å². The van der Waals surface area contributed by atoms with E-state index in [1.807, 2.05) is 6.92 Å². The Bertz CT molecular complexity index is 438. The van der Waals surface area contributed by atoms with Crippen LogP contribution in [0.4, 0.5) is 0 Å². The van der Waals surface area contributed by atoms with Gasteiger partial charge in [-0.2, -0.15) is 0 Å². The van der Waals surface area contributed by atoms with Crippen molar-refractivity contribution in [3.63, 3.8) is 0 Å². The third-order valence-corrected chi connectivity index (χ3v) is 3.17. The van der Waals surface area contributed by atoms with Crippen molar-refractivity contribution in [2.75, 3.05) is 25.7 Å². The molecule has 1 aromatic heterocycles. The highest BCUT2D eigenvalue weighted by atomic mass is 32.2. The Morgan fingerprint density at radius 1 is 1.47 bits per heavy atom. The fraction of sp³-hybridized carbons (Fsp3) is 0.636. The maximum absolute atomic E-state index is 11.3. The number of rotatable bonds is 7. The second kappa shape index (κ2) is 6.18. The van der Waals surface area contributed by atoms with Crippen LogP contribution in [0, 0.1) is 0 Å². The summed E-state index contributed by atoms with van der Waals surface area (Å²) in [6.45, 7) is 2.99. The molecule has 5 nitrogen and oxygen atoms in total. The lowest BCUT2D eigenvalue weighted by Gasteiger charge is -2.14. The van der Waals surface area contributed by atoms with E-state index in [0.29, 0.717) is 24.7 Å². The molecule has 0 amide bonds. The van der Waals surface area contributed by atoms with E-state index < -0.39 is 9.84 Å². The summed E-state index contributed by atoms with van der Waals surface area (Å²) < 4.78 is 33.1. The van der Waals surface area contributed by atoms with Gasteiger partial charge in [0.15, 0.2) is 0 Å². The van der Waals surface area contributed by atoms with Gasteiger partial charge >= 0.3 is 0 Å². The van der Waals surface area contributed by atoms with Crippen molar-refractivity contribution >= 4 is 9.84 Å². The van der Waals surface area contributed by atoms with Crippen molar-refractivity contribution in [2.45, 2.75) is 19.6 Å². The van der Waals surface area contributed by atoms with Gasteiger partial charge in [-0.1, -0.05) is 6.92 Å². The van der Waals surface area contributed by atoms with E-state index in [1.54, 1.807) is 19.2 Å². The number of hydrogen-bond acceptors (Lipinski definition) is 5. The van der Waals surface area contributed by atoms with Crippen molar-refractivity contribution in [1.82, 2.24) is 5.32 Å². The van der Waals surface area contributed by atoms with Gasteiger partial charge in [-0.25, -0.2) is 8.42 Å². The van der Waals surface area contributed by atoms with E-state index in [1.165, 1.54) is 6.26 Å². The molecular weight excluding hydrogens is 242 g/mol. The van der Waals surface area contributed by atoms with Crippen LogP contribution in [-0.2, 0) is 21.2 Å². The van der Waals surface area contributed by atoms with Gasteiger partial charge in [0.1, 0.15) is 28.0 Å². The zero-order valence-corrected chi connectivity index (χ0v) is 11.2. The number of hydrogen-bond donors (Lipinski definition) is 1. The molecule has 1 aromatic rings. The second-order valence-electron chi connectivity index (χ2n) is 3.94. The van der Waals surface area contributed by atoms with Crippen molar-refractivity contribution in [2.24, 2.45) is 0 Å². The number of nitrogens with one attached hydrogen (secondary N) is 1. The topological polar surface area (TPSA) is 68.5 Å². The first-order valence-corrected chi connectivity index (χ1v) is 7.51. The first-order valence-electron chi connectivity index (χ1n) is 5.45. The summed E-state index contributed by atoms with van der Waals surface area (Å²) in [4.78, 5) is 0. The predicted molar refractivity (Wildman–Crippen MR) is 65.5 cm³/mol. The Morgan fingerprint density at radius 2 is 2.18 bits per heavy atom. The number of sulfone groups is 1. The lowest BCUT2D eigenvalue weighted by atomic mass is 10.2. The normalized spacial score (nSPS) is 13.8. The zero-order valence-electron chi connectivity index (χ0n) is 10.4. The van der Waals surface area contributed by atoms with Crippen LogP contribution in [0.2, 0.25) is 0 Å². The summed E-state index contributed by atoms with van der Waals surface area (Å²) in [7, 11) is -1.47. The molecule has 1 unspecified atom stereocenters. The molecule has 0 aliphatic rings. The molecular formula is C11H19NO4S. The molecule has 0 saturated carbocycles. The van der Waals surface area contributed by atoms with Crippen LogP contribution in [0.25, 0.3) is 0 Å². The fourth-order valence-electron chi connectivity index (χ4n) is 1.59. The summed E-state index contributed by atoms with van der Waals surface area (Å²) >= 11 is 0. The number of ether oxygens (including phenoxy) is 1. The average Bonchev–Trinajstić information content (AvgIpc) is 2.64. The number of furan rings is 1. The molecule has 17 heavy (non-hydrogen) atoms. The minimum absolute atomic E-state index is 0.0285. The van der Waals surface area contributed by atoms with E-state index in [0.717, 1.165) is 0 Å². The van der Waals surface area contributed by atoms with Gasteiger partial charge in [0.2, 0.25) is 0 Å². The van der Waals surface area contributed by atoms with E-state index in [2.05, 4.69) is 5.32 Å². The van der Waals surface area contributed by atoms with Crippen LogP contribution in [0.15, 0.2) is 16.5 Å². The SMILES string of the molecule is CCNC(CS(C)(=O)=O)c1ccc(COC)o1. The van der Waals surface area contributed by atoms with E-state index in [9.17, 15) is 8.42 Å². The molecule has 0 radical (unpaired) electrons. The molecule has 98 valence electrons. The third kappa shape index (κ3) is 4.89. The monoisotopic (exact) mass is 261 g/mol. The number of methoxy groups -OCH3 is 1. The van der Waals surface area contributed by atoms with E-state index in [4.69, 9.17) is 9.15 Å². The summed E-state index contributed by atoms with van der Waals surface area (Å²) in [5.41, 5.74) is 0. The van der Waals surface area contributed by atoms with E-state index in [-0.39, 0.29) is 11.8 Å². The van der Waals surface area contributed by atoms with Gasteiger partial charge in [0.25, 0.3) is 0 Å². The van der Waals surface area contributed by atoms with E-state index >= 15 is 0 Å². The molecule has 0 fully saturated rings. The smallest absolute Gasteiger partial charge is 0.149 e. The van der Waals surface area contributed by atoms with Crippen molar-refractivity contribution in [3.8, 4) is 0 Å². The maximum Gasteiger partial charge on any atom is 0.149 e. The highest BCUT2D eigenvalue weighted by molar-refractivity contribution is 7.90. The molecule has 0 aliphatic carbocycles. The lowest BCUT2D eigenvalue weighted by Crippen LogP contribution is -2.27. The molecule has 1 rings (SSSR count). The lowest BCUT2D eigenvalue weighted by molar-refractivity contribution is 0.161. The molecule has 6 heteroatoms. The Hall–Kier alpha value is -0.850. The van der Waals surface area contributed by atoms with Gasteiger partial charge in [-0.3, -0.25) is 0 Å². The molecule has 0 aliphatic heterocycles. The fourth-order valence-corrected chi connectivity index (χ4v) is 2.48. The summed E-state index contributed by atoms with van der Waals surface area (Å²) in [5, 5.41) is 3.10. The predicted octanol–water partition coefficient (Wildman–Crippen LogP) is 1.12. The van der Waals surface area contributed by atoms with Crippen LogP contribution >= 0.6 is 0 Å². The van der Waals surface area contributed by atoms with Crippen LogP contribution < -0.4 is 5.32 Å². The van der Waals surface area contributed by atoms with Crippen LogP contribution in [-0.4, -0.2) is 34.1 Å². The quantitative estimate of drug-likeness (QED) is 0.796. The molecule has 0 saturated heterocycles. The van der Waals surface area contributed by atoms with Crippen LogP contribution in [0.1, 0.15) is 24.5 Å². The molecule has 0 aromatic carbocycles. The Balaban J connectivity index is 2.81. The average molecular weight is 261 g/mol. The zero-order chi connectivity index (χ0) is 12.9. The maximum atomic E-state index is 11.3. The molecule has 1 N–H and O–H groups in total. The van der Waals surface area contributed by atoms with Gasteiger partial charge in [0.05, 0.1) is 11.8 Å². The second-order valence-corrected chi connectivity index (χ2v) is 6.12. The third-order valence-electron chi connectivity index (χ3n) is 2.23. The Labute approximate surface area is 102 Å². The van der Waals surface area contributed by atoms with Gasteiger partial charge in [0, 0.05) is 13.4 Å². The minimum Gasteiger partial charge on any atom is -0.462 e. The van der Waals surface area contributed by atoms with Crippen molar-refractivity contribution in [3.05, 3.63) is 23.7 Å². The Kier molecular flexibility index (Phi) is 5.17.